The van der Waals surface area contributed by atoms with Crippen molar-refractivity contribution in [2.24, 2.45) is 0 Å². The number of benzene rings is 3. The molecule has 5 rings (SSSR count). The normalized spacial score (nSPS) is 13.0. The lowest BCUT2D eigenvalue weighted by Crippen LogP contribution is -2.26. The van der Waals surface area contributed by atoms with E-state index in [1.54, 1.807) is 17.0 Å². The molecule has 3 aromatic carbocycles. The second-order valence-corrected chi connectivity index (χ2v) is 6.52. The van der Waals surface area contributed by atoms with Crippen LogP contribution in [0.1, 0.15) is 16.2 Å². The molecule has 126 valence electrons. The number of amides is 1. The monoisotopic (exact) mass is 361 g/mol. The maximum absolute atomic E-state index is 12.8. The van der Waals surface area contributed by atoms with Crippen molar-refractivity contribution in [2.75, 3.05) is 4.90 Å². The van der Waals surface area contributed by atoms with Crippen molar-refractivity contribution in [1.29, 1.82) is 0 Å². The van der Waals surface area contributed by atoms with Gasteiger partial charge in [0.25, 0.3) is 5.91 Å². The van der Waals surface area contributed by atoms with Crippen molar-refractivity contribution >= 4 is 34.0 Å². The molecule has 0 atom stereocenters. The fourth-order valence-electron chi connectivity index (χ4n) is 3.33. The molecule has 0 bridgehead atoms. The Hall–Kier alpha value is -3.18. The third kappa shape index (κ3) is 2.29. The van der Waals surface area contributed by atoms with Gasteiger partial charge in [0.1, 0.15) is 6.54 Å². The molecular formula is C20H12ClN3O2. The standard InChI is InChI=1S/C20H12ClN3O2/c21-14-7-1-6-13(10-14)19-23-22-17(26-19)11-24-16-9-3-5-12-4-2-8-15(18(12)16)20(24)25/h1-10H,11H2. The summed E-state index contributed by atoms with van der Waals surface area (Å²) in [5.41, 5.74) is 2.31. The van der Waals surface area contributed by atoms with Crippen LogP contribution < -0.4 is 4.90 Å². The average Bonchev–Trinajstić information content (AvgIpc) is 3.23. The lowest BCUT2D eigenvalue weighted by molar-refractivity contribution is 0.0989. The van der Waals surface area contributed by atoms with Crippen molar-refractivity contribution in [1.82, 2.24) is 10.2 Å². The van der Waals surface area contributed by atoms with Crippen LogP contribution in [0, 0.1) is 0 Å². The molecule has 0 unspecified atom stereocenters. The first-order valence-electron chi connectivity index (χ1n) is 8.12. The van der Waals surface area contributed by atoms with Gasteiger partial charge in [0, 0.05) is 21.5 Å². The number of hydrogen-bond donors (Lipinski definition) is 0. The van der Waals surface area contributed by atoms with Crippen molar-refractivity contribution in [3.05, 3.63) is 77.1 Å². The number of carbonyl (C=O) groups excluding carboxylic acids is 1. The molecule has 26 heavy (non-hydrogen) atoms. The molecule has 0 spiro atoms. The zero-order chi connectivity index (χ0) is 17.7. The summed E-state index contributed by atoms with van der Waals surface area (Å²) < 4.78 is 5.75. The highest BCUT2D eigenvalue weighted by Crippen LogP contribution is 2.38. The van der Waals surface area contributed by atoms with Gasteiger partial charge in [0.2, 0.25) is 11.8 Å². The number of hydrogen-bond acceptors (Lipinski definition) is 4. The van der Waals surface area contributed by atoms with E-state index in [0.29, 0.717) is 22.4 Å². The minimum atomic E-state index is -0.0562. The fourth-order valence-corrected chi connectivity index (χ4v) is 3.52. The van der Waals surface area contributed by atoms with Crippen LogP contribution in [0.15, 0.2) is 65.1 Å². The number of rotatable bonds is 3. The van der Waals surface area contributed by atoms with Gasteiger partial charge in [-0.1, -0.05) is 41.9 Å². The van der Waals surface area contributed by atoms with Gasteiger partial charge in [-0.25, -0.2) is 0 Å². The second kappa shape index (κ2) is 5.68. The predicted octanol–water partition coefficient (Wildman–Crippen LogP) is 4.70. The van der Waals surface area contributed by atoms with Crippen LogP contribution >= 0.6 is 11.6 Å². The van der Waals surface area contributed by atoms with Crippen molar-refractivity contribution in [3.8, 4) is 11.5 Å². The van der Waals surface area contributed by atoms with Crippen LogP contribution in [0.5, 0.6) is 0 Å². The Bertz CT molecular complexity index is 1160. The van der Waals surface area contributed by atoms with Gasteiger partial charge < -0.3 is 4.42 Å². The Morgan fingerprint density at radius 1 is 1.00 bits per heavy atom. The predicted molar refractivity (Wildman–Crippen MR) is 99.2 cm³/mol. The summed E-state index contributed by atoms with van der Waals surface area (Å²) in [5, 5.41) is 10.8. The van der Waals surface area contributed by atoms with Gasteiger partial charge in [-0.3, -0.25) is 9.69 Å². The summed E-state index contributed by atoms with van der Waals surface area (Å²) in [6.45, 7) is 0.222. The smallest absolute Gasteiger partial charge is 0.259 e. The molecule has 0 N–H and O–H groups in total. The molecule has 2 heterocycles. The molecule has 0 saturated heterocycles. The first-order chi connectivity index (χ1) is 12.7. The van der Waals surface area contributed by atoms with E-state index < -0.39 is 0 Å². The molecule has 0 radical (unpaired) electrons. The maximum Gasteiger partial charge on any atom is 0.259 e. The molecule has 0 saturated carbocycles. The van der Waals surface area contributed by atoms with E-state index in [1.165, 1.54) is 0 Å². The lowest BCUT2D eigenvalue weighted by atomic mass is 10.1. The number of anilines is 1. The average molecular weight is 362 g/mol. The van der Waals surface area contributed by atoms with E-state index in [4.69, 9.17) is 16.0 Å². The number of carbonyl (C=O) groups is 1. The van der Waals surface area contributed by atoms with Gasteiger partial charge in [-0.05, 0) is 35.7 Å². The highest BCUT2D eigenvalue weighted by atomic mass is 35.5. The van der Waals surface area contributed by atoms with Crippen molar-refractivity contribution in [2.45, 2.75) is 6.54 Å². The van der Waals surface area contributed by atoms with Crippen LogP contribution in [0.3, 0.4) is 0 Å². The van der Waals surface area contributed by atoms with Gasteiger partial charge in [-0.2, -0.15) is 0 Å². The Morgan fingerprint density at radius 3 is 2.65 bits per heavy atom. The molecule has 1 amide bonds. The van der Waals surface area contributed by atoms with Gasteiger partial charge in [0.15, 0.2) is 0 Å². The molecule has 6 heteroatoms. The van der Waals surface area contributed by atoms with E-state index in [-0.39, 0.29) is 12.5 Å². The van der Waals surface area contributed by atoms with Crippen LogP contribution in [-0.4, -0.2) is 16.1 Å². The maximum atomic E-state index is 12.8. The topological polar surface area (TPSA) is 59.2 Å². The largest absolute Gasteiger partial charge is 0.419 e. The third-order valence-corrected chi connectivity index (χ3v) is 4.72. The van der Waals surface area contributed by atoms with Gasteiger partial charge in [-0.15, -0.1) is 10.2 Å². The summed E-state index contributed by atoms with van der Waals surface area (Å²) in [4.78, 5) is 14.5. The summed E-state index contributed by atoms with van der Waals surface area (Å²) in [6, 6.07) is 18.8. The zero-order valence-corrected chi connectivity index (χ0v) is 14.3. The first-order valence-corrected chi connectivity index (χ1v) is 8.50. The zero-order valence-electron chi connectivity index (χ0n) is 13.5. The highest BCUT2D eigenvalue weighted by molar-refractivity contribution is 6.30. The first kappa shape index (κ1) is 15.1. The molecule has 4 aromatic rings. The second-order valence-electron chi connectivity index (χ2n) is 6.08. The minimum Gasteiger partial charge on any atom is -0.419 e. The quantitative estimate of drug-likeness (QED) is 0.530. The Balaban J connectivity index is 1.50. The minimum absolute atomic E-state index is 0.0562. The van der Waals surface area contributed by atoms with Crippen LogP contribution in [0.25, 0.3) is 22.2 Å². The van der Waals surface area contributed by atoms with E-state index in [0.717, 1.165) is 22.0 Å². The van der Waals surface area contributed by atoms with E-state index in [9.17, 15) is 4.79 Å². The molecular weight excluding hydrogens is 350 g/mol. The van der Waals surface area contributed by atoms with E-state index in [1.807, 2.05) is 48.5 Å². The molecule has 0 fully saturated rings. The van der Waals surface area contributed by atoms with Gasteiger partial charge in [0.05, 0.1) is 5.69 Å². The van der Waals surface area contributed by atoms with Crippen LogP contribution in [0.2, 0.25) is 5.02 Å². The summed E-state index contributed by atoms with van der Waals surface area (Å²) >= 11 is 6.01. The van der Waals surface area contributed by atoms with Crippen molar-refractivity contribution in [3.63, 3.8) is 0 Å². The Kier molecular flexibility index (Phi) is 3.30. The molecule has 1 aliphatic heterocycles. The SMILES string of the molecule is O=C1c2cccc3cccc(c23)N1Cc1nnc(-c2cccc(Cl)c2)o1. The molecule has 5 nitrogen and oxygen atoms in total. The van der Waals surface area contributed by atoms with E-state index in [2.05, 4.69) is 10.2 Å². The Morgan fingerprint density at radius 2 is 1.81 bits per heavy atom. The molecule has 1 aromatic heterocycles. The fraction of sp³-hybridized carbons (Fsp3) is 0.0500. The van der Waals surface area contributed by atoms with Crippen molar-refractivity contribution < 1.29 is 9.21 Å². The Labute approximate surface area is 153 Å². The highest BCUT2D eigenvalue weighted by Gasteiger charge is 2.30. The van der Waals surface area contributed by atoms with Crippen LogP contribution in [-0.2, 0) is 6.54 Å². The number of aromatic nitrogens is 2. The lowest BCUT2D eigenvalue weighted by Gasteiger charge is -2.15. The summed E-state index contributed by atoms with van der Waals surface area (Å²) in [6.07, 6.45) is 0. The number of halogens is 1. The third-order valence-electron chi connectivity index (χ3n) is 4.48. The van der Waals surface area contributed by atoms with Gasteiger partial charge >= 0.3 is 0 Å². The number of nitrogens with zero attached hydrogens (tertiary/aromatic N) is 3. The molecule has 1 aliphatic rings. The van der Waals surface area contributed by atoms with Crippen LogP contribution in [0.4, 0.5) is 5.69 Å². The summed E-state index contributed by atoms with van der Waals surface area (Å²) in [7, 11) is 0. The van der Waals surface area contributed by atoms with E-state index >= 15 is 0 Å². The summed E-state index contributed by atoms with van der Waals surface area (Å²) in [5.74, 6) is 0.697. The molecule has 0 aliphatic carbocycles.